The first-order valence-electron chi connectivity index (χ1n) is 3.56. The van der Waals surface area contributed by atoms with Gasteiger partial charge < -0.3 is 15.6 Å². The zero-order chi connectivity index (χ0) is 8.85. The quantitative estimate of drug-likeness (QED) is 0.559. The van der Waals surface area contributed by atoms with Gasteiger partial charge in [-0.05, 0) is 13.8 Å². The topological polar surface area (TPSA) is 72.6 Å². The van der Waals surface area contributed by atoms with Gasteiger partial charge in [0.15, 0.2) is 0 Å². The van der Waals surface area contributed by atoms with E-state index in [0.717, 1.165) is 0 Å². The van der Waals surface area contributed by atoms with Crippen molar-refractivity contribution in [3.8, 4) is 0 Å². The van der Waals surface area contributed by atoms with Crippen LogP contribution in [0.4, 0.5) is 0 Å². The van der Waals surface area contributed by atoms with Gasteiger partial charge >= 0.3 is 0 Å². The third kappa shape index (κ3) is 5.97. The second kappa shape index (κ2) is 5.23. The molecule has 0 bridgehead atoms. The number of hydrogen-bond donors (Lipinski definition) is 2. The summed E-state index contributed by atoms with van der Waals surface area (Å²) in [6.07, 6.45) is -0.505. The molecule has 0 radical (unpaired) electrons. The second-order valence-corrected chi connectivity index (χ2v) is 2.60. The van der Waals surface area contributed by atoms with Gasteiger partial charge in [0, 0.05) is 0 Å². The molecule has 0 aromatic carbocycles. The lowest BCUT2D eigenvalue weighted by Gasteiger charge is -2.09. The van der Waals surface area contributed by atoms with Crippen LogP contribution in [0.2, 0.25) is 0 Å². The van der Waals surface area contributed by atoms with E-state index in [1.165, 1.54) is 6.92 Å². The third-order valence-electron chi connectivity index (χ3n) is 1.18. The van der Waals surface area contributed by atoms with Crippen LogP contribution in [0, 0.1) is 0 Å². The summed E-state index contributed by atoms with van der Waals surface area (Å²) in [5.74, 6) is -0.101. The SMILES string of the molecule is CC(=O)C(N)COCC(C)O. The maximum atomic E-state index is 10.6. The lowest BCUT2D eigenvalue weighted by molar-refractivity contribution is -0.119. The fraction of sp³-hybridized carbons (Fsp3) is 0.857. The summed E-state index contributed by atoms with van der Waals surface area (Å²) in [7, 11) is 0. The molecule has 0 saturated heterocycles. The number of rotatable bonds is 5. The summed E-state index contributed by atoms with van der Waals surface area (Å²) in [5, 5.41) is 8.75. The summed E-state index contributed by atoms with van der Waals surface area (Å²) in [5.41, 5.74) is 5.35. The van der Waals surface area contributed by atoms with Gasteiger partial charge in [-0.15, -0.1) is 0 Å². The molecule has 0 fully saturated rings. The van der Waals surface area contributed by atoms with E-state index in [-0.39, 0.29) is 19.0 Å². The van der Waals surface area contributed by atoms with Crippen molar-refractivity contribution in [2.75, 3.05) is 13.2 Å². The highest BCUT2D eigenvalue weighted by Crippen LogP contribution is 1.86. The number of ketones is 1. The van der Waals surface area contributed by atoms with Gasteiger partial charge in [0.1, 0.15) is 5.78 Å². The predicted molar refractivity (Wildman–Crippen MR) is 41.2 cm³/mol. The number of hydrogen-bond acceptors (Lipinski definition) is 4. The fourth-order valence-electron chi connectivity index (χ4n) is 0.483. The molecule has 0 aliphatic rings. The van der Waals surface area contributed by atoms with E-state index in [0.29, 0.717) is 0 Å². The Bertz CT molecular complexity index is 125. The molecule has 2 unspecified atom stereocenters. The van der Waals surface area contributed by atoms with Crippen molar-refractivity contribution < 1.29 is 14.6 Å². The highest BCUT2D eigenvalue weighted by molar-refractivity contribution is 5.81. The Morgan fingerprint density at radius 2 is 2.18 bits per heavy atom. The van der Waals surface area contributed by atoms with Gasteiger partial charge in [-0.1, -0.05) is 0 Å². The molecule has 4 nitrogen and oxygen atoms in total. The first-order valence-corrected chi connectivity index (χ1v) is 3.56. The maximum Gasteiger partial charge on any atom is 0.148 e. The van der Waals surface area contributed by atoms with E-state index in [9.17, 15) is 4.79 Å². The minimum absolute atomic E-state index is 0.101. The Balaban J connectivity index is 3.31. The van der Waals surface area contributed by atoms with E-state index in [2.05, 4.69) is 0 Å². The van der Waals surface area contributed by atoms with Gasteiger partial charge in [-0.3, -0.25) is 4.79 Å². The van der Waals surface area contributed by atoms with Gasteiger partial charge in [-0.2, -0.15) is 0 Å². The Morgan fingerprint density at radius 3 is 2.55 bits per heavy atom. The molecule has 0 aliphatic heterocycles. The Morgan fingerprint density at radius 1 is 1.64 bits per heavy atom. The molecule has 0 spiro atoms. The van der Waals surface area contributed by atoms with Gasteiger partial charge in [0.05, 0.1) is 25.4 Å². The average Bonchev–Trinajstić information content (AvgIpc) is 1.86. The largest absolute Gasteiger partial charge is 0.391 e. The smallest absolute Gasteiger partial charge is 0.148 e. The predicted octanol–water partition coefficient (Wildman–Crippen LogP) is -0.700. The van der Waals surface area contributed by atoms with E-state index in [1.807, 2.05) is 0 Å². The Kier molecular flexibility index (Phi) is 5.02. The van der Waals surface area contributed by atoms with Crippen molar-refractivity contribution in [1.29, 1.82) is 0 Å². The summed E-state index contributed by atoms with van der Waals surface area (Å²) in [4.78, 5) is 10.6. The van der Waals surface area contributed by atoms with Gasteiger partial charge in [-0.25, -0.2) is 0 Å². The minimum Gasteiger partial charge on any atom is -0.391 e. The summed E-state index contributed by atoms with van der Waals surface area (Å²) in [6, 6.07) is -0.561. The minimum atomic E-state index is -0.561. The van der Waals surface area contributed by atoms with Crippen LogP contribution in [-0.2, 0) is 9.53 Å². The fourth-order valence-corrected chi connectivity index (χ4v) is 0.483. The Hall–Kier alpha value is -0.450. The van der Waals surface area contributed by atoms with Crippen LogP contribution in [0.5, 0.6) is 0 Å². The number of nitrogens with two attached hydrogens (primary N) is 1. The van der Waals surface area contributed by atoms with Gasteiger partial charge in [0.2, 0.25) is 0 Å². The van der Waals surface area contributed by atoms with Crippen LogP contribution in [0.25, 0.3) is 0 Å². The van der Waals surface area contributed by atoms with Crippen LogP contribution < -0.4 is 5.73 Å². The molecule has 0 saturated carbocycles. The van der Waals surface area contributed by atoms with E-state index in [1.54, 1.807) is 6.92 Å². The van der Waals surface area contributed by atoms with Crippen molar-refractivity contribution in [2.45, 2.75) is 26.0 Å². The average molecular weight is 161 g/mol. The monoisotopic (exact) mass is 161 g/mol. The van der Waals surface area contributed by atoms with E-state index >= 15 is 0 Å². The highest BCUT2D eigenvalue weighted by Gasteiger charge is 2.07. The number of ether oxygens (including phenoxy) is 1. The molecule has 0 heterocycles. The second-order valence-electron chi connectivity index (χ2n) is 2.60. The molecule has 0 amide bonds. The molecule has 2 atom stereocenters. The molecule has 3 N–H and O–H groups in total. The number of Topliss-reactive ketones (excluding diaryl/α,β-unsaturated/α-hetero) is 1. The Labute approximate surface area is 66.3 Å². The van der Waals surface area contributed by atoms with Crippen LogP contribution in [0.3, 0.4) is 0 Å². The molecule has 66 valence electrons. The van der Waals surface area contributed by atoms with Gasteiger partial charge in [0.25, 0.3) is 0 Å². The molecule has 0 rings (SSSR count). The molecule has 4 heteroatoms. The number of carbonyl (C=O) groups is 1. The lowest BCUT2D eigenvalue weighted by Crippen LogP contribution is -2.34. The first kappa shape index (κ1) is 10.6. The van der Waals surface area contributed by atoms with Crippen LogP contribution in [0.15, 0.2) is 0 Å². The molecule has 0 aromatic rings. The normalized spacial score (nSPS) is 16.0. The zero-order valence-corrected chi connectivity index (χ0v) is 6.91. The first-order chi connectivity index (χ1) is 5.04. The van der Waals surface area contributed by atoms with Crippen molar-refractivity contribution in [3.63, 3.8) is 0 Å². The van der Waals surface area contributed by atoms with Crippen LogP contribution in [0.1, 0.15) is 13.8 Å². The molecular formula is C7H15NO3. The van der Waals surface area contributed by atoms with Crippen LogP contribution in [-0.4, -0.2) is 36.2 Å². The van der Waals surface area contributed by atoms with Crippen LogP contribution >= 0.6 is 0 Å². The number of carbonyl (C=O) groups excluding carboxylic acids is 1. The standard InChI is InChI=1S/C7H15NO3/c1-5(9)3-11-4-7(8)6(2)10/h5,7,9H,3-4,8H2,1-2H3. The summed E-state index contributed by atoms with van der Waals surface area (Å²) >= 11 is 0. The zero-order valence-electron chi connectivity index (χ0n) is 6.91. The molecule has 11 heavy (non-hydrogen) atoms. The van der Waals surface area contributed by atoms with Crippen molar-refractivity contribution in [2.24, 2.45) is 5.73 Å². The molecule has 0 aliphatic carbocycles. The van der Waals surface area contributed by atoms with E-state index in [4.69, 9.17) is 15.6 Å². The summed E-state index contributed by atoms with van der Waals surface area (Å²) < 4.78 is 4.92. The van der Waals surface area contributed by atoms with E-state index < -0.39 is 12.1 Å². The summed E-state index contributed by atoms with van der Waals surface area (Å²) in [6.45, 7) is 3.43. The number of aliphatic hydroxyl groups excluding tert-OH is 1. The number of aliphatic hydroxyl groups is 1. The van der Waals surface area contributed by atoms with Crippen molar-refractivity contribution >= 4 is 5.78 Å². The lowest BCUT2D eigenvalue weighted by atomic mass is 10.2. The third-order valence-corrected chi connectivity index (χ3v) is 1.18. The van der Waals surface area contributed by atoms with Crippen molar-refractivity contribution in [3.05, 3.63) is 0 Å². The maximum absolute atomic E-state index is 10.6. The molecular weight excluding hydrogens is 146 g/mol. The van der Waals surface area contributed by atoms with Crippen molar-refractivity contribution in [1.82, 2.24) is 0 Å². The molecule has 0 aromatic heterocycles. The highest BCUT2D eigenvalue weighted by atomic mass is 16.5.